The van der Waals surface area contributed by atoms with E-state index in [1.54, 1.807) is 31.2 Å². The second-order valence-corrected chi connectivity index (χ2v) is 4.81. The van der Waals surface area contributed by atoms with Crippen LogP contribution < -0.4 is 5.32 Å². The van der Waals surface area contributed by atoms with E-state index in [-0.39, 0.29) is 12.4 Å². The van der Waals surface area contributed by atoms with E-state index in [1.165, 1.54) is 6.20 Å². The van der Waals surface area contributed by atoms with Gasteiger partial charge in [0.25, 0.3) is 0 Å². The first-order chi connectivity index (χ1) is 9.98. The molecule has 1 aromatic heterocycles. The van der Waals surface area contributed by atoms with Crippen molar-refractivity contribution in [2.45, 2.75) is 12.5 Å². The zero-order valence-corrected chi connectivity index (χ0v) is 11.4. The number of rotatable bonds is 5. The topological polar surface area (TPSA) is 82.5 Å². The predicted octanol–water partition coefficient (Wildman–Crippen LogP) is 2.24. The number of carbonyl (C=O) groups is 1. The second-order valence-electron chi connectivity index (χ2n) is 4.81. The van der Waals surface area contributed by atoms with E-state index >= 15 is 0 Å². The van der Waals surface area contributed by atoms with Crippen molar-refractivity contribution in [1.82, 2.24) is 4.98 Å². The number of aliphatic hydroxyl groups is 1. The lowest BCUT2D eigenvalue weighted by molar-refractivity contribution is 0.0691. The Morgan fingerprint density at radius 3 is 2.57 bits per heavy atom. The van der Waals surface area contributed by atoms with Gasteiger partial charge in [-0.2, -0.15) is 0 Å². The van der Waals surface area contributed by atoms with Gasteiger partial charge < -0.3 is 15.5 Å². The number of anilines is 1. The largest absolute Gasteiger partial charge is 0.478 e. The summed E-state index contributed by atoms with van der Waals surface area (Å²) in [6, 6.07) is 10.1. The third kappa shape index (κ3) is 3.00. The molecule has 5 nitrogen and oxygen atoms in total. The van der Waals surface area contributed by atoms with Gasteiger partial charge in [-0.05, 0) is 18.6 Å². The van der Waals surface area contributed by atoms with Crippen LogP contribution in [0.15, 0.2) is 42.6 Å². The maximum Gasteiger partial charge on any atom is 0.338 e. The van der Waals surface area contributed by atoms with Crippen LogP contribution in [-0.4, -0.2) is 27.8 Å². The van der Waals surface area contributed by atoms with E-state index in [0.29, 0.717) is 0 Å². The lowest BCUT2D eigenvalue weighted by Crippen LogP contribution is -2.36. The molecule has 1 unspecified atom stereocenters. The number of aromatic carboxylic acids is 1. The summed E-state index contributed by atoms with van der Waals surface area (Å²) < 4.78 is 14.1. The summed E-state index contributed by atoms with van der Waals surface area (Å²) in [5.74, 6) is -2.54. The Labute approximate surface area is 121 Å². The minimum absolute atomic E-state index is 0.213. The zero-order chi connectivity index (χ0) is 15.5. The lowest BCUT2D eigenvalue weighted by Gasteiger charge is -2.30. The molecule has 2 aromatic rings. The third-order valence-corrected chi connectivity index (χ3v) is 3.24. The summed E-state index contributed by atoms with van der Waals surface area (Å²) in [4.78, 5) is 14.8. The summed E-state index contributed by atoms with van der Waals surface area (Å²) in [6.45, 7) is 1.37. The van der Waals surface area contributed by atoms with Gasteiger partial charge in [0, 0.05) is 6.20 Å². The highest BCUT2D eigenvalue weighted by Crippen LogP contribution is 2.26. The fourth-order valence-corrected chi connectivity index (χ4v) is 1.97. The molecule has 0 amide bonds. The molecular formula is C15H15FN2O3. The maximum atomic E-state index is 14.1. The molecule has 6 heteroatoms. The molecule has 0 saturated heterocycles. The molecule has 0 aliphatic rings. The van der Waals surface area contributed by atoms with Crippen molar-refractivity contribution in [1.29, 1.82) is 0 Å². The Morgan fingerprint density at radius 1 is 1.33 bits per heavy atom. The number of nitrogens with zero attached hydrogens (tertiary/aromatic N) is 1. The van der Waals surface area contributed by atoms with Crippen molar-refractivity contribution >= 4 is 11.8 Å². The molecule has 1 aromatic carbocycles. The highest BCUT2D eigenvalue weighted by atomic mass is 19.1. The van der Waals surface area contributed by atoms with Crippen LogP contribution in [-0.2, 0) is 5.54 Å². The van der Waals surface area contributed by atoms with E-state index in [9.17, 15) is 14.3 Å². The van der Waals surface area contributed by atoms with Gasteiger partial charge in [0.1, 0.15) is 5.56 Å². The molecule has 0 aliphatic carbocycles. The average Bonchev–Trinajstić information content (AvgIpc) is 2.50. The maximum absolute atomic E-state index is 14.1. The number of nitrogens with one attached hydrogen (secondary N) is 1. The van der Waals surface area contributed by atoms with E-state index in [0.717, 1.165) is 11.6 Å². The summed E-state index contributed by atoms with van der Waals surface area (Å²) >= 11 is 0. The highest BCUT2D eigenvalue weighted by molar-refractivity contribution is 5.88. The van der Waals surface area contributed by atoms with Crippen molar-refractivity contribution in [3.05, 3.63) is 59.5 Å². The Hall–Kier alpha value is -2.47. The minimum Gasteiger partial charge on any atom is -0.478 e. The van der Waals surface area contributed by atoms with Gasteiger partial charge in [-0.1, -0.05) is 30.3 Å². The molecule has 21 heavy (non-hydrogen) atoms. The lowest BCUT2D eigenvalue weighted by atomic mass is 9.93. The molecule has 0 fully saturated rings. The molecule has 0 aliphatic heterocycles. The smallest absolute Gasteiger partial charge is 0.338 e. The molecule has 0 bridgehead atoms. The number of benzene rings is 1. The van der Waals surface area contributed by atoms with Gasteiger partial charge in [-0.15, -0.1) is 0 Å². The van der Waals surface area contributed by atoms with Crippen molar-refractivity contribution in [2.75, 3.05) is 11.9 Å². The molecule has 1 atom stereocenters. The molecule has 3 N–H and O–H groups in total. The SMILES string of the molecule is CC(CO)(Nc1nccc(C(=O)O)c1F)c1ccccc1. The first kappa shape index (κ1) is 14.9. The van der Waals surface area contributed by atoms with Crippen molar-refractivity contribution in [3.8, 4) is 0 Å². The standard InChI is InChI=1S/C15H15FN2O3/c1-15(9-19,10-5-3-2-4-6-10)18-13-12(16)11(14(20)21)7-8-17-13/h2-8,19H,9H2,1H3,(H,17,18)(H,20,21). The number of hydrogen-bond acceptors (Lipinski definition) is 4. The third-order valence-electron chi connectivity index (χ3n) is 3.24. The molecule has 0 radical (unpaired) electrons. The van der Waals surface area contributed by atoms with Crippen LogP contribution in [0, 0.1) is 5.82 Å². The van der Waals surface area contributed by atoms with Crippen molar-refractivity contribution in [3.63, 3.8) is 0 Å². The van der Waals surface area contributed by atoms with Gasteiger partial charge in [0.15, 0.2) is 11.6 Å². The van der Waals surface area contributed by atoms with Gasteiger partial charge in [0.05, 0.1) is 12.1 Å². The molecule has 0 saturated carbocycles. The number of carboxylic acids is 1. The number of aromatic nitrogens is 1. The van der Waals surface area contributed by atoms with Crippen molar-refractivity contribution in [2.24, 2.45) is 0 Å². The number of hydrogen-bond donors (Lipinski definition) is 3. The Morgan fingerprint density at radius 2 is 2.00 bits per heavy atom. The van der Waals surface area contributed by atoms with E-state index in [2.05, 4.69) is 10.3 Å². The van der Waals surface area contributed by atoms with Crippen LogP contribution in [0.4, 0.5) is 10.2 Å². The number of pyridine rings is 1. The van der Waals surface area contributed by atoms with Gasteiger partial charge >= 0.3 is 5.97 Å². The molecular weight excluding hydrogens is 275 g/mol. The van der Waals surface area contributed by atoms with Crippen LogP contribution in [0.25, 0.3) is 0 Å². The summed E-state index contributed by atoms with van der Waals surface area (Å²) in [7, 11) is 0. The van der Waals surface area contributed by atoms with Crippen LogP contribution in [0.3, 0.4) is 0 Å². The van der Waals surface area contributed by atoms with Crippen LogP contribution in [0.1, 0.15) is 22.8 Å². The number of carboxylic acid groups (broad SMARTS) is 1. The first-order valence-electron chi connectivity index (χ1n) is 6.30. The fourth-order valence-electron chi connectivity index (χ4n) is 1.97. The van der Waals surface area contributed by atoms with Crippen LogP contribution >= 0.6 is 0 Å². The monoisotopic (exact) mass is 290 g/mol. The Kier molecular flexibility index (Phi) is 4.18. The van der Waals surface area contributed by atoms with Crippen LogP contribution in [0.2, 0.25) is 0 Å². The van der Waals surface area contributed by atoms with E-state index < -0.39 is 22.9 Å². The average molecular weight is 290 g/mol. The second kappa shape index (κ2) is 5.88. The summed E-state index contributed by atoms with van der Waals surface area (Å²) in [5, 5.41) is 21.3. The fraction of sp³-hybridized carbons (Fsp3) is 0.200. The van der Waals surface area contributed by atoms with Crippen LogP contribution in [0.5, 0.6) is 0 Å². The molecule has 110 valence electrons. The number of aliphatic hydroxyl groups excluding tert-OH is 1. The van der Waals surface area contributed by atoms with E-state index in [1.807, 2.05) is 6.07 Å². The summed E-state index contributed by atoms with van der Waals surface area (Å²) in [6.07, 6.45) is 1.21. The molecule has 2 rings (SSSR count). The number of halogens is 1. The minimum atomic E-state index is -1.37. The predicted molar refractivity (Wildman–Crippen MR) is 75.7 cm³/mol. The van der Waals surface area contributed by atoms with Gasteiger partial charge in [-0.25, -0.2) is 14.2 Å². The quantitative estimate of drug-likeness (QED) is 0.786. The van der Waals surface area contributed by atoms with E-state index in [4.69, 9.17) is 5.11 Å². The Bertz CT molecular complexity index is 649. The van der Waals surface area contributed by atoms with Crippen molar-refractivity contribution < 1.29 is 19.4 Å². The Balaban J connectivity index is 2.40. The van der Waals surface area contributed by atoms with Gasteiger partial charge in [0.2, 0.25) is 0 Å². The normalized spacial score (nSPS) is 13.5. The zero-order valence-electron chi connectivity index (χ0n) is 11.4. The molecule has 1 heterocycles. The molecule has 0 spiro atoms. The highest BCUT2D eigenvalue weighted by Gasteiger charge is 2.28. The summed E-state index contributed by atoms with van der Waals surface area (Å²) in [5.41, 5.74) is -0.720. The first-order valence-corrected chi connectivity index (χ1v) is 6.30. The van der Waals surface area contributed by atoms with Gasteiger partial charge in [-0.3, -0.25) is 0 Å².